The van der Waals surface area contributed by atoms with E-state index in [2.05, 4.69) is 10.6 Å². The van der Waals surface area contributed by atoms with Crippen molar-refractivity contribution < 1.29 is 23.1 Å². The molecule has 11 heteroatoms. The molecule has 0 atom stereocenters. The molecule has 37 heavy (non-hydrogen) atoms. The Hall–Kier alpha value is -2.98. The summed E-state index contributed by atoms with van der Waals surface area (Å²) in [6, 6.07) is 16.2. The minimum absolute atomic E-state index is 0.0871. The van der Waals surface area contributed by atoms with E-state index in [4.69, 9.17) is 28.3 Å². The predicted octanol–water partition coefficient (Wildman–Crippen LogP) is 6.58. The normalized spacial score (nSPS) is 13.7. The van der Waals surface area contributed by atoms with Crippen LogP contribution in [0.15, 0.2) is 75.4 Å². The zero-order valence-corrected chi connectivity index (χ0v) is 23.1. The quantitative estimate of drug-likeness (QED) is 0.271. The number of fused-ring (bicyclic) bond motifs is 1. The van der Waals surface area contributed by atoms with Crippen molar-refractivity contribution in [1.29, 1.82) is 0 Å². The zero-order chi connectivity index (χ0) is 27.2. The number of anilines is 2. The first kappa shape index (κ1) is 28.6. The number of halogens is 2. The number of benzene rings is 3. The third-order valence-corrected chi connectivity index (χ3v) is 8.48. The van der Waals surface area contributed by atoms with E-state index in [1.54, 1.807) is 54.6 Å². The number of carbonyl (C=O) groups is 2. The number of nitrogens with one attached hydrogen (secondary N) is 2. The lowest BCUT2D eigenvalue weighted by Crippen LogP contribution is -2.17. The van der Waals surface area contributed by atoms with Crippen molar-refractivity contribution in [2.45, 2.75) is 29.4 Å². The smallest absolute Gasteiger partial charge is 0.322 e. The van der Waals surface area contributed by atoms with Gasteiger partial charge < -0.3 is 15.7 Å². The van der Waals surface area contributed by atoms with E-state index in [9.17, 15) is 18.0 Å². The number of amides is 1. The summed E-state index contributed by atoms with van der Waals surface area (Å²) >= 11 is 13.5. The molecule has 1 amide bonds. The van der Waals surface area contributed by atoms with Gasteiger partial charge in [-0.1, -0.05) is 67.0 Å². The van der Waals surface area contributed by atoms with Crippen LogP contribution in [0.25, 0.3) is 6.08 Å². The Morgan fingerprint density at radius 1 is 1.05 bits per heavy atom. The van der Waals surface area contributed by atoms with Gasteiger partial charge in [0.25, 0.3) is 5.91 Å². The number of hydrogen-bond donors (Lipinski definition) is 3. The molecule has 0 radical (unpaired) electrons. The molecule has 0 unspecified atom stereocenters. The molecule has 7 nitrogen and oxygen atoms in total. The molecule has 0 fully saturated rings. The summed E-state index contributed by atoms with van der Waals surface area (Å²) in [5.41, 5.74) is 2.20. The molecule has 1 aliphatic rings. The van der Waals surface area contributed by atoms with Crippen LogP contribution in [0.4, 0.5) is 11.4 Å². The van der Waals surface area contributed by atoms with Crippen LogP contribution < -0.4 is 10.6 Å². The Balaban J connectivity index is 0.00000186. The van der Waals surface area contributed by atoms with Crippen LogP contribution in [0.3, 0.4) is 0 Å². The first-order valence-corrected chi connectivity index (χ1v) is 14.4. The third-order valence-electron chi connectivity index (χ3n) is 5.05. The average molecular weight is 580 g/mol. The van der Waals surface area contributed by atoms with Gasteiger partial charge in [0.15, 0.2) is 9.84 Å². The first-order valence-electron chi connectivity index (χ1n) is 11.2. The Kier molecular flexibility index (Phi) is 9.67. The van der Waals surface area contributed by atoms with Crippen LogP contribution in [-0.2, 0) is 25.2 Å². The lowest BCUT2D eigenvalue weighted by molar-refractivity contribution is -0.134. The molecular formula is C26H24Cl2N2O5S2. The highest BCUT2D eigenvalue weighted by Crippen LogP contribution is 2.40. The molecule has 0 aromatic heterocycles. The van der Waals surface area contributed by atoms with E-state index < -0.39 is 15.8 Å². The average Bonchev–Trinajstić information content (AvgIpc) is 2.87. The molecule has 3 aromatic carbocycles. The maximum absolute atomic E-state index is 13.1. The van der Waals surface area contributed by atoms with E-state index in [1.807, 2.05) is 13.8 Å². The molecule has 0 spiro atoms. The van der Waals surface area contributed by atoms with E-state index in [-0.39, 0.29) is 33.1 Å². The lowest BCUT2D eigenvalue weighted by atomic mass is 10.2. The second kappa shape index (κ2) is 12.5. The van der Waals surface area contributed by atoms with Crippen LogP contribution in [0, 0.1) is 0 Å². The summed E-state index contributed by atoms with van der Waals surface area (Å²) in [6.07, 6.45) is 1.68. The van der Waals surface area contributed by atoms with E-state index in [1.165, 1.54) is 12.1 Å². The van der Waals surface area contributed by atoms with Crippen LogP contribution in [0.2, 0.25) is 10.0 Å². The third kappa shape index (κ3) is 7.29. The fourth-order valence-electron chi connectivity index (χ4n) is 3.30. The molecule has 0 saturated heterocycles. The van der Waals surface area contributed by atoms with Gasteiger partial charge in [0.1, 0.15) is 6.54 Å². The summed E-state index contributed by atoms with van der Waals surface area (Å²) < 4.78 is 26.2. The van der Waals surface area contributed by atoms with E-state index in [0.717, 1.165) is 17.3 Å². The molecule has 1 aliphatic heterocycles. The molecule has 0 aliphatic carbocycles. The number of thioether (sulfide) groups is 1. The van der Waals surface area contributed by atoms with Gasteiger partial charge >= 0.3 is 5.97 Å². The van der Waals surface area contributed by atoms with Crippen LogP contribution in [0.5, 0.6) is 0 Å². The highest BCUT2D eigenvalue weighted by molar-refractivity contribution is 8.04. The molecular weight excluding hydrogens is 555 g/mol. The van der Waals surface area contributed by atoms with Gasteiger partial charge in [-0.2, -0.15) is 0 Å². The molecule has 194 valence electrons. The standard InChI is InChI=1S/C24H18Cl2N2O5S2.C2H6/c25-18-2-1-3-19(26)17(18)13-35(32,33)16-8-9-20-21(11-16)34-22(24(31)28-20)10-14-4-6-15(7-5-14)27-12-23(29)30;1-2/h1-11,27H,12-13H2,(H,28,31)(H,29,30);1-2H3/b22-10-;. The van der Waals surface area contributed by atoms with Gasteiger partial charge in [-0.25, -0.2) is 8.42 Å². The minimum Gasteiger partial charge on any atom is -0.480 e. The van der Waals surface area contributed by atoms with Crippen LogP contribution >= 0.6 is 35.0 Å². The fourth-order valence-corrected chi connectivity index (χ4v) is 6.48. The maximum Gasteiger partial charge on any atom is 0.322 e. The van der Waals surface area contributed by atoms with Crippen molar-refractivity contribution in [2.75, 3.05) is 17.2 Å². The molecule has 0 saturated carbocycles. The Labute approximate surface area is 229 Å². The highest BCUT2D eigenvalue weighted by atomic mass is 35.5. The number of carbonyl (C=O) groups excluding carboxylic acids is 1. The van der Waals surface area contributed by atoms with Gasteiger partial charge in [-0.15, -0.1) is 0 Å². The Bertz CT molecular complexity index is 1440. The lowest BCUT2D eigenvalue weighted by Gasteiger charge is -2.19. The largest absolute Gasteiger partial charge is 0.480 e. The summed E-state index contributed by atoms with van der Waals surface area (Å²) in [4.78, 5) is 24.3. The predicted molar refractivity (Wildman–Crippen MR) is 150 cm³/mol. The molecule has 3 aromatic rings. The SMILES string of the molecule is CC.O=C(O)CNc1ccc(/C=C2\Sc3cc(S(=O)(=O)Cc4c(Cl)cccc4Cl)ccc3NC2=O)cc1. The van der Waals surface area contributed by atoms with Gasteiger partial charge in [-0.05, 0) is 54.1 Å². The zero-order valence-electron chi connectivity index (χ0n) is 19.9. The monoisotopic (exact) mass is 578 g/mol. The number of carboxylic acids is 1. The van der Waals surface area contributed by atoms with Crippen LogP contribution in [0.1, 0.15) is 25.0 Å². The van der Waals surface area contributed by atoms with Crippen molar-refractivity contribution in [2.24, 2.45) is 0 Å². The number of hydrogen-bond acceptors (Lipinski definition) is 6. The van der Waals surface area contributed by atoms with Crippen molar-refractivity contribution >= 4 is 74.1 Å². The summed E-state index contributed by atoms with van der Waals surface area (Å²) in [5, 5.41) is 14.8. The van der Waals surface area contributed by atoms with Gasteiger partial charge in [-0.3, -0.25) is 9.59 Å². The minimum atomic E-state index is -3.76. The summed E-state index contributed by atoms with van der Waals surface area (Å²) in [7, 11) is -3.76. The van der Waals surface area contributed by atoms with Crippen LogP contribution in [-0.4, -0.2) is 31.9 Å². The van der Waals surface area contributed by atoms with E-state index >= 15 is 0 Å². The number of rotatable bonds is 7. The molecule has 4 rings (SSSR count). The molecule has 3 N–H and O–H groups in total. The summed E-state index contributed by atoms with van der Waals surface area (Å²) in [6.45, 7) is 3.80. The maximum atomic E-state index is 13.1. The van der Waals surface area contributed by atoms with Gasteiger partial charge in [0.2, 0.25) is 0 Å². The Morgan fingerprint density at radius 2 is 1.70 bits per heavy atom. The van der Waals surface area contributed by atoms with Gasteiger partial charge in [0.05, 0.1) is 21.2 Å². The second-order valence-electron chi connectivity index (χ2n) is 7.55. The molecule has 0 bridgehead atoms. The number of carboxylic acid groups (broad SMARTS) is 1. The van der Waals surface area contributed by atoms with Crippen molar-refractivity contribution in [3.8, 4) is 0 Å². The van der Waals surface area contributed by atoms with E-state index in [0.29, 0.717) is 26.7 Å². The van der Waals surface area contributed by atoms with Crippen molar-refractivity contribution in [1.82, 2.24) is 0 Å². The number of sulfone groups is 1. The first-order chi connectivity index (χ1) is 17.6. The van der Waals surface area contributed by atoms with Gasteiger partial charge in [0, 0.05) is 26.2 Å². The highest BCUT2D eigenvalue weighted by Gasteiger charge is 2.25. The topological polar surface area (TPSA) is 113 Å². The molecule has 1 heterocycles. The fraction of sp³-hybridized carbons (Fsp3) is 0.154. The van der Waals surface area contributed by atoms with Crippen molar-refractivity contribution in [3.05, 3.63) is 86.7 Å². The second-order valence-corrected chi connectivity index (χ2v) is 11.4. The Morgan fingerprint density at radius 3 is 2.32 bits per heavy atom. The number of aliphatic carboxylic acids is 1. The van der Waals surface area contributed by atoms with Crippen molar-refractivity contribution in [3.63, 3.8) is 0 Å². The summed E-state index contributed by atoms with van der Waals surface area (Å²) in [5.74, 6) is -1.64.